The van der Waals surface area contributed by atoms with E-state index in [1.54, 1.807) is 12.1 Å². The quantitative estimate of drug-likeness (QED) is 0.560. The molecule has 2 saturated carbocycles. The number of rotatable bonds is 4. The molecule has 0 aliphatic heterocycles. The Hall–Kier alpha value is -2.49. The fraction of sp³-hybridized carbons (Fsp3) is 0.391. The lowest BCUT2D eigenvalue weighted by Crippen LogP contribution is -2.45. The van der Waals surface area contributed by atoms with Crippen molar-refractivity contribution in [2.75, 3.05) is 0 Å². The maximum Gasteiger partial charge on any atom is 0.321 e. The van der Waals surface area contributed by atoms with Gasteiger partial charge in [0.2, 0.25) is 0 Å². The molecular weight excluding hydrogens is 343 g/mol. The number of hydrogen-bond acceptors (Lipinski definition) is 3. The largest absolute Gasteiger partial charge is 0.426 e. The molecular formula is C23H23FO3. The number of ether oxygens (including phenoxy) is 1. The Bertz CT molecular complexity index is 842. The first-order valence-electron chi connectivity index (χ1n) is 9.67. The van der Waals surface area contributed by atoms with Gasteiger partial charge < -0.3 is 4.74 Å². The van der Waals surface area contributed by atoms with E-state index in [0.717, 1.165) is 19.3 Å². The van der Waals surface area contributed by atoms with Crippen LogP contribution in [0.3, 0.4) is 0 Å². The molecule has 2 aliphatic rings. The highest BCUT2D eigenvalue weighted by Crippen LogP contribution is 2.45. The first-order valence-corrected chi connectivity index (χ1v) is 9.67. The predicted molar refractivity (Wildman–Crippen MR) is 100 cm³/mol. The number of hydrogen-bond donors (Lipinski definition) is 0. The zero-order valence-electron chi connectivity index (χ0n) is 15.2. The van der Waals surface area contributed by atoms with Crippen LogP contribution in [0.4, 0.5) is 4.39 Å². The molecule has 2 aliphatic carbocycles. The number of esters is 1. The van der Waals surface area contributed by atoms with E-state index in [4.69, 9.17) is 4.74 Å². The van der Waals surface area contributed by atoms with E-state index in [-0.39, 0.29) is 11.8 Å². The van der Waals surface area contributed by atoms with E-state index in [1.165, 1.54) is 17.7 Å². The van der Waals surface area contributed by atoms with Gasteiger partial charge in [-0.15, -0.1) is 0 Å². The molecule has 27 heavy (non-hydrogen) atoms. The van der Waals surface area contributed by atoms with E-state index >= 15 is 0 Å². The number of benzene rings is 2. The van der Waals surface area contributed by atoms with Crippen LogP contribution in [0.2, 0.25) is 0 Å². The fourth-order valence-electron chi connectivity index (χ4n) is 4.21. The Morgan fingerprint density at radius 1 is 1.04 bits per heavy atom. The summed E-state index contributed by atoms with van der Waals surface area (Å²) in [6.45, 7) is 0. The zero-order chi connectivity index (χ0) is 18.9. The zero-order valence-corrected chi connectivity index (χ0v) is 15.2. The van der Waals surface area contributed by atoms with Gasteiger partial charge in [-0.3, -0.25) is 9.59 Å². The van der Waals surface area contributed by atoms with Crippen LogP contribution in [0, 0.1) is 5.82 Å². The molecule has 4 rings (SSSR count). The Balaban J connectivity index is 1.47. The van der Waals surface area contributed by atoms with Crippen molar-refractivity contribution in [3.8, 4) is 5.75 Å². The molecule has 0 bridgehead atoms. The fourth-order valence-corrected chi connectivity index (χ4v) is 4.21. The van der Waals surface area contributed by atoms with Crippen molar-refractivity contribution in [3.63, 3.8) is 0 Å². The minimum atomic E-state index is -0.732. The molecule has 2 aromatic carbocycles. The van der Waals surface area contributed by atoms with Gasteiger partial charge in [-0.2, -0.15) is 0 Å². The predicted octanol–water partition coefficient (Wildman–Crippen LogP) is 5.08. The maximum absolute atomic E-state index is 13.6. The molecule has 0 heterocycles. The Morgan fingerprint density at radius 3 is 2.33 bits per heavy atom. The van der Waals surface area contributed by atoms with Crippen molar-refractivity contribution in [2.24, 2.45) is 0 Å². The van der Waals surface area contributed by atoms with Crippen molar-refractivity contribution in [1.82, 2.24) is 0 Å². The molecule has 0 aromatic heterocycles. The molecule has 3 nitrogen and oxygen atoms in total. The minimum absolute atomic E-state index is 0.310. The van der Waals surface area contributed by atoms with Crippen LogP contribution < -0.4 is 4.74 Å². The highest BCUT2D eigenvalue weighted by atomic mass is 19.1. The van der Waals surface area contributed by atoms with Gasteiger partial charge in [0.1, 0.15) is 17.3 Å². The standard InChI is InChI=1S/C23H23FO3/c24-19-4-1-3-18(15-19)23(13-2-14-23)22(26)27-21-11-7-17(8-12-21)16-5-9-20(25)10-6-16/h1,3-4,7-8,11-12,15-16H,2,5-6,9-10,13-14H2. The second kappa shape index (κ2) is 7.26. The van der Waals surface area contributed by atoms with Gasteiger partial charge in [0, 0.05) is 12.8 Å². The van der Waals surface area contributed by atoms with Crippen LogP contribution >= 0.6 is 0 Å². The lowest BCUT2D eigenvalue weighted by atomic mass is 9.64. The summed E-state index contributed by atoms with van der Waals surface area (Å²) in [5, 5.41) is 0. The number of carbonyl (C=O) groups excluding carboxylic acids is 2. The summed E-state index contributed by atoms with van der Waals surface area (Å²) < 4.78 is 19.3. The number of ketones is 1. The monoisotopic (exact) mass is 366 g/mol. The third-order valence-electron chi connectivity index (χ3n) is 6.08. The van der Waals surface area contributed by atoms with E-state index in [2.05, 4.69) is 0 Å². The molecule has 2 aromatic rings. The smallest absolute Gasteiger partial charge is 0.321 e. The summed E-state index contributed by atoms with van der Waals surface area (Å²) >= 11 is 0. The van der Waals surface area contributed by atoms with Crippen LogP contribution in [0.5, 0.6) is 5.75 Å². The van der Waals surface area contributed by atoms with Gasteiger partial charge in [-0.1, -0.05) is 30.7 Å². The lowest BCUT2D eigenvalue weighted by Gasteiger charge is -2.39. The number of halogens is 1. The van der Waals surface area contributed by atoms with E-state index in [9.17, 15) is 14.0 Å². The van der Waals surface area contributed by atoms with Crippen LogP contribution in [0.1, 0.15) is 62.0 Å². The van der Waals surface area contributed by atoms with Gasteiger partial charge in [0.05, 0.1) is 5.41 Å². The van der Waals surface area contributed by atoms with Crippen molar-refractivity contribution in [2.45, 2.75) is 56.3 Å². The highest BCUT2D eigenvalue weighted by molar-refractivity contribution is 5.86. The maximum atomic E-state index is 13.6. The Morgan fingerprint density at radius 2 is 1.74 bits per heavy atom. The van der Waals surface area contributed by atoms with Crippen molar-refractivity contribution >= 4 is 11.8 Å². The van der Waals surface area contributed by atoms with Crippen molar-refractivity contribution in [1.29, 1.82) is 0 Å². The van der Waals surface area contributed by atoms with Crippen LogP contribution in [0.25, 0.3) is 0 Å². The van der Waals surface area contributed by atoms with E-state index in [0.29, 0.717) is 48.7 Å². The second-order valence-corrected chi connectivity index (χ2v) is 7.72. The summed E-state index contributed by atoms with van der Waals surface area (Å²) in [5.41, 5.74) is 1.15. The molecule has 2 fully saturated rings. The average molecular weight is 366 g/mol. The summed E-state index contributed by atoms with van der Waals surface area (Å²) in [5.74, 6) is 0.619. The third kappa shape index (κ3) is 3.53. The average Bonchev–Trinajstić information content (AvgIpc) is 2.62. The molecule has 0 N–H and O–H groups in total. The van der Waals surface area contributed by atoms with Gasteiger partial charge in [0.15, 0.2) is 0 Å². The molecule has 0 saturated heterocycles. The van der Waals surface area contributed by atoms with Gasteiger partial charge in [-0.25, -0.2) is 4.39 Å². The summed E-state index contributed by atoms with van der Waals surface area (Å²) in [7, 11) is 0. The van der Waals surface area contributed by atoms with Gasteiger partial charge in [0.25, 0.3) is 0 Å². The normalized spacial score (nSPS) is 19.4. The molecule has 0 unspecified atom stereocenters. The molecule has 0 spiro atoms. The van der Waals surface area contributed by atoms with Gasteiger partial charge in [-0.05, 0) is 67.0 Å². The Labute approximate surface area is 158 Å². The highest BCUT2D eigenvalue weighted by Gasteiger charge is 2.47. The number of carbonyl (C=O) groups is 2. The van der Waals surface area contributed by atoms with Crippen LogP contribution in [0.15, 0.2) is 48.5 Å². The summed E-state index contributed by atoms with van der Waals surface area (Å²) in [6.07, 6.45) is 5.38. The molecule has 140 valence electrons. The molecule has 0 atom stereocenters. The van der Waals surface area contributed by atoms with Gasteiger partial charge >= 0.3 is 5.97 Å². The Kier molecular flexibility index (Phi) is 4.81. The first kappa shape index (κ1) is 17.9. The molecule has 0 radical (unpaired) electrons. The second-order valence-electron chi connectivity index (χ2n) is 7.72. The SMILES string of the molecule is O=C1CCC(c2ccc(OC(=O)C3(c4cccc(F)c4)CCC3)cc2)CC1. The number of Topliss-reactive ketones (excluding diaryl/α,β-unsaturated/α-hetero) is 1. The summed E-state index contributed by atoms with van der Waals surface area (Å²) in [4.78, 5) is 24.3. The van der Waals surface area contributed by atoms with E-state index < -0.39 is 5.41 Å². The molecule has 4 heteroatoms. The third-order valence-corrected chi connectivity index (χ3v) is 6.08. The van der Waals surface area contributed by atoms with Crippen LogP contribution in [-0.4, -0.2) is 11.8 Å². The van der Waals surface area contributed by atoms with Crippen LogP contribution in [-0.2, 0) is 15.0 Å². The van der Waals surface area contributed by atoms with Crippen molar-refractivity contribution in [3.05, 3.63) is 65.5 Å². The first-order chi connectivity index (χ1) is 13.1. The lowest BCUT2D eigenvalue weighted by molar-refractivity contribution is -0.144. The summed E-state index contributed by atoms with van der Waals surface area (Å²) in [6, 6.07) is 13.9. The molecule has 0 amide bonds. The topological polar surface area (TPSA) is 43.4 Å². The van der Waals surface area contributed by atoms with Crippen molar-refractivity contribution < 1.29 is 18.7 Å². The van der Waals surface area contributed by atoms with E-state index in [1.807, 2.05) is 24.3 Å². The minimum Gasteiger partial charge on any atom is -0.426 e.